The zero-order valence-electron chi connectivity index (χ0n) is 8.86. The molecule has 0 aromatic heterocycles. The highest BCUT2D eigenvalue weighted by Crippen LogP contribution is 2.31. The number of hydrogen-bond acceptors (Lipinski definition) is 4. The number of benzene rings is 1. The number of hydrogen-bond donors (Lipinski definition) is 2. The van der Waals surface area contributed by atoms with Gasteiger partial charge in [-0.2, -0.15) is 0 Å². The molecule has 1 atom stereocenters. The Morgan fingerprint density at radius 2 is 2.27 bits per heavy atom. The third-order valence-electron chi connectivity index (χ3n) is 2.40. The number of nitrogens with two attached hydrogens (primary N) is 1. The van der Waals surface area contributed by atoms with Crippen LogP contribution in [-0.2, 0) is 0 Å². The first-order valence-electron chi connectivity index (χ1n) is 4.70. The Labute approximate surface area is 88.7 Å². The zero-order valence-corrected chi connectivity index (χ0v) is 8.86. The molecule has 82 valence electrons. The summed E-state index contributed by atoms with van der Waals surface area (Å²) in [6, 6.07) is 3.05. The minimum Gasteiger partial charge on any atom is -0.504 e. The smallest absolute Gasteiger partial charge is 0.160 e. The highest BCUT2D eigenvalue weighted by molar-refractivity contribution is 5.79. The van der Waals surface area contributed by atoms with Crippen molar-refractivity contribution in [2.45, 2.75) is 12.8 Å². The van der Waals surface area contributed by atoms with Crippen molar-refractivity contribution in [3.63, 3.8) is 0 Å². The Hall–Kier alpha value is -1.55. The minimum absolute atomic E-state index is 0.0347. The number of rotatable bonds is 4. The monoisotopic (exact) mass is 209 g/mol. The lowest BCUT2D eigenvalue weighted by molar-refractivity contribution is 0.112. The van der Waals surface area contributed by atoms with Gasteiger partial charge in [0.1, 0.15) is 6.29 Å². The summed E-state index contributed by atoms with van der Waals surface area (Å²) in [6.07, 6.45) is 0.709. The molecule has 0 aliphatic rings. The maximum Gasteiger partial charge on any atom is 0.160 e. The van der Waals surface area contributed by atoms with Crippen molar-refractivity contribution in [1.29, 1.82) is 0 Å². The van der Waals surface area contributed by atoms with E-state index in [2.05, 4.69) is 0 Å². The molecule has 3 N–H and O–H groups in total. The first kappa shape index (κ1) is 11.5. The van der Waals surface area contributed by atoms with Crippen molar-refractivity contribution in [3.05, 3.63) is 23.3 Å². The SMILES string of the molecule is COc1cc(C(C)CN)c(C=O)cc1O. The molecule has 0 fully saturated rings. The summed E-state index contributed by atoms with van der Waals surface area (Å²) in [6.45, 7) is 2.35. The molecule has 0 spiro atoms. The summed E-state index contributed by atoms with van der Waals surface area (Å²) in [5, 5.41) is 9.49. The van der Waals surface area contributed by atoms with Crippen LogP contribution >= 0.6 is 0 Å². The maximum absolute atomic E-state index is 10.8. The van der Waals surface area contributed by atoms with Gasteiger partial charge in [-0.05, 0) is 30.2 Å². The van der Waals surface area contributed by atoms with E-state index in [4.69, 9.17) is 10.5 Å². The predicted molar refractivity (Wildman–Crippen MR) is 57.5 cm³/mol. The van der Waals surface area contributed by atoms with E-state index in [1.165, 1.54) is 13.2 Å². The number of phenols is 1. The van der Waals surface area contributed by atoms with Crippen molar-refractivity contribution in [2.24, 2.45) is 5.73 Å². The fraction of sp³-hybridized carbons (Fsp3) is 0.364. The number of methoxy groups -OCH3 is 1. The lowest BCUT2D eigenvalue weighted by atomic mass is 9.95. The summed E-state index contributed by atoms with van der Waals surface area (Å²) in [7, 11) is 1.46. The van der Waals surface area contributed by atoms with Gasteiger partial charge in [-0.1, -0.05) is 6.92 Å². The Kier molecular flexibility index (Phi) is 3.68. The van der Waals surface area contributed by atoms with E-state index in [0.717, 1.165) is 5.56 Å². The van der Waals surface area contributed by atoms with Gasteiger partial charge in [-0.15, -0.1) is 0 Å². The molecule has 0 bridgehead atoms. The van der Waals surface area contributed by atoms with Gasteiger partial charge in [0.25, 0.3) is 0 Å². The zero-order chi connectivity index (χ0) is 11.4. The summed E-state index contributed by atoms with van der Waals surface area (Å²) in [5.74, 6) is 0.378. The lowest BCUT2D eigenvalue weighted by Gasteiger charge is -2.14. The third kappa shape index (κ3) is 2.27. The molecular weight excluding hydrogens is 194 g/mol. The Morgan fingerprint density at radius 1 is 1.60 bits per heavy atom. The van der Waals surface area contributed by atoms with E-state index < -0.39 is 0 Å². The third-order valence-corrected chi connectivity index (χ3v) is 2.40. The maximum atomic E-state index is 10.8. The molecule has 0 heterocycles. The van der Waals surface area contributed by atoms with Crippen LogP contribution in [0.15, 0.2) is 12.1 Å². The van der Waals surface area contributed by atoms with Crippen LogP contribution in [0.4, 0.5) is 0 Å². The molecule has 0 aliphatic carbocycles. The number of carbonyl (C=O) groups excluding carboxylic acids is 1. The number of phenolic OH excluding ortho intramolecular Hbond substituents is 1. The highest BCUT2D eigenvalue weighted by Gasteiger charge is 2.13. The van der Waals surface area contributed by atoms with Crippen LogP contribution in [0.1, 0.15) is 28.8 Å². The second-order valence-corrected chi connectivity index (χ2v) is 3.41. The molecule has 1 aromatic rings. The molecule has 1 aromatic carbocycles. The van der Waals surface area contributed by atoms with Crippen LogP contribution in [-0.4, -0.2) is 25.0 Å². The fourth-order valence-electron chi connectivity index (χ4n) is 1.42. The van der Waals surface area contributed by atoms with Crippen LogP contribution in [0.2, 0.25) is 0 Å². The second kappa shape index (κ2) is 4.79. The summed E-state index contributed by atoms with van der Waals surface area (Å²) >= 11 is 0. The molecule has 4 nitrogen and oxygen atoms in total. The van der Waals surface area contributed by atoms with Crippen molar-refractivity contribution in [3.8, 4) is 11.5 Å². The van der Waals surface area contributed by atoms with E-state index in [9.17, 15) is 9.90 Å². The van der Waals surface area contributed by atoms with E-state index in [1.807, 2.05) is 6.92 Å². The quantitative estimate of drug-likeness (QED) is 0.732. The number of aldehydes is 1. The van der Waals surface area contributed by atoms with Crippen molar-refractivity contribution in [1.82, 2.24) is 0 Å². The van der Waals surface area contributed by atoms with Crippen molar-refractivity contribution in [2.75, 3.05) is 13.7 Å². The van der Waals surface area contributed by atoms with Gasteiger partial charge in [-0.3, -0.25) is 4.79 Å². The number of aromatic hydroxyl groups is 1. The summed E-state index contributed by atoms with van der Waals surface area (Å²) in [4.78, 5) is 10.8. The Balaban J connectivity index is 3.28. The van der Waals surface area contributed by atoms with Gasteiger partial charge in [-0.25, -0.2) is 0 Å². The molecule has 0 amide bonds. The highest BCUT2D eigenvalue weighted by atomic mass is 16.5. The standard InChI is InChI=1S/C11H15NO3/c1-7(5-12)9-4-11(15-2)10(14)3-8(9)6-13/h3-4,6-7,14H,5,12H2,1-2H3. The van der Waals surface area contributed by atoms with Crippen LogP contribution < -0.4 is 10.5 Å². The van der Waals surface area contributed by atoms with Gasteiger partial charge in [0.05, 0.1) is 7.11 Å². The fourth-order valence-corrected chi connectivity index (χ4v) is 1.42. The van der Waals surface area contributed by atoms with Crippen molar-refractivity contribution >= 4 is 6.29 Å². The number of ether oxygens (including phenoxy) is 1. The molecule has 0 saturated carbocycles. The molecule has 0 radical (unpaired) electrons. The molecule has 0 aliphatic heterocycles. The average molecular weight is 209 g/mol. The average Bonchev–Trinajstić information content (AvgIpc) is 2.27. The van der Waals surface area contributed by atoms with Gasteiger partial charge in [0.2, 0.25) is 0 Å². The number of carbonyl (C=O) groups is 1. The van der Waals surface area contributed by atoms with Crippen LogP contribution in [0, 0.1) is 0 Å². The van der Waals surface area contributed by atoms with Crippen LogP contribution in [0.5, 0.6) is 11.5 Å². The molecule has 15 heavy (non-hydrogen) atoms. The van der Waals surface area contributed by atoms with Crippen LogP contribution in [0.3, 0.4) is 0 Å². The summed E-state index contributed by atoms with van der Waals surface area (Å²) in [5.41, 5.74) is 6.78. The summed E-state index contributed by atoms with van der Waals surface area (Å²) < 4.78 is 4.97. The predicted octanol–water partition coefficient (Wildman–Crippen LogP) is 1.28. The molecular formula is C11H15NO3. The van der Waals surface area contributed by atoms with E-state index in [0.29, 0.717) is 24.1 Å². The Morgan fingerprint density at radius 3 is 2.73 bits per heavy atom. The normalized spacial score (nSPS) is 12.2. The first-order valence-corrected chi connectivity index (χ1v) is 4.70. The molecule has 4 heteroatoms. The Bertz CT molecular complexity index is 363. The lowest BCUT2D eigenvalue weighted by Crippen LogP contribution is -2.11. The van der Waals surface area contributed by atoms with Crippen LogP contribution in [0.25, 0.3) is 0 Å². The first-order chi connectivity index (χ1) is 7.13. The molecule has 1 rings (SSSR count). The van der Waals surface area contributed by atoms with Gasteiger partial charge >= 0.3 is 0 Å². The topological polar surface area (TPSA) is 72.5 Å². The second-order valence-electron chi connectivity index (χ2n) is 3.41. The molecule has 1 unspecified atom stereocenters. The molecule has 0 saturated heterocycles. The minimum atomic E-state index is -0.0347. The largest absolute Gasteiger partial charge is 0.504 e. The van der Waals surface area contributed by atoms with E-state index in [1.54, 1.807) is 6.07 Å². The van der Waals surface area contributed by atoms with Gasteiger partial charge < -0.3 is 15.6 Å². The van der Waals surface area contributed by atoms with Gasteiger partial charge in [0, 0.05) is 5.56 Å². The van der Waals surface area contributed by atoms with Crippen molar-refractivity contribution < 1.29 is 14.6 Å². The van der Waals surface area contributed by atoms with E-state index in [-0.39, 0.29) is 11.7 Å². The van der Waals surface area contributed by atoms with E-state index >= 15 is 0 Å². The van der Waals surface area contributed by atoms with Gasteiger partial charge in [0.15, 0.2) is 11.5 Å².